The summed E-state index contributed by atoms with van der Waals surface area (Å²) in [6.45, 7) is -0.398. The SMILES string of the molecule is O=C(COc1cccc(/C=C2\C(=O)NC(=O)N(c3cccc(Cl)c3)C2=O)c1)Nc1ccccc1F. The van der Waals surface area contributed by atoms with Crippen molar-refractivity contribution in [2.75, 3.05) is 16.8 Å². The fraction of sp³-hybridized carbons (Fsp3) is 0.0400. The van der Waals surface area contributed by atoms with Crippen LogP contribution in [0.1, 0.15) is 5.56 Å². The Labute approximate surface area is 203 Å². The third-order valence-corrected chi connectivity index (χ3v) is 5.09. The zero-order valence-electron chi connectivity index (χ0n) is 18.0. The minimum absolute atomic E-state index is 0.0280. The van der Waals surface area contributed by atoms with Crippen LogP contribution in [0.3, 0.4) is 0 Å². The van der Waals surface area contributed by atoms with Crippen LogP contribution in [-0.4, -0.2) is 30.4 Å². The molecule has 0 spiro atoms. The number of imide groups is 2. The minimum Gasteiger partial charge on any atom is -0.484 e. The number of nitrogens with zero attached hydrogens (tertiary/aromatic N) is 1. The van der Waals surface area contributed by atoms with E-state index in [2.05, 4.69) is 10.6 Å². The van der Waals surface area contributed by atoms with E-state index >= 15 is 0 Å². The molecular formula is C25H17ClFN3O5. The van der Waals surface area contributed by atoms with E-state index in [0.29, 0.717) is 10.6 Å². The summed E-state index contributed by atoms with van der Waals surface area (Å²) in [5, 5.41) is 4.85. The molecule has 3 aromatic carbocycles. The van der Waals surface area contributed by atoms with Crippen LogP contribution in [0.2, 0.25) is 5.02 Å². The standard InChI is InChI=1S/C25H17ClFN3O5/c26-16-6-4-7-17(13-16)30-24(33)19(23(32)29-25(30)34)12-15-5-3-8-18(11-15)35-14-22(31)28-21-10-2-1-9-20(21)27/h1-13H,14H2,(H,28,31)(H,29,32,34)/b19-12+. The summed E-state index contributed by atoms with van der Waals surface area (Å²) in [5.74, 6) is -2.55. The van der Waals surface area contributed by atoms with Gasteiger partial charge in [-0.25, -0.2) is 14.1 Å². The van der Waals surface area contributed by atoms with Crippen molar-refractivity contribution in [3.63, 3.8) is 0 Å². The minimum atomic E-state index is -0.891. The Morgan fingerprint density at radius 1 is 1.03 bits per heavy atom. The molecule has 4 rings (SSSR count). The molecule has 2 N–H and O–H groups in total. The van der Waals surface area contributed by atoms with E-state index < -0.39 is 36.2 Å². The smallest absolute Gasteiger partial charge is 0.335 e. The monoisotopic (exact) mass is 493 g/mol. The molecule has 0 saturated carbocycles. The van der Waals surface area contributed by atoms with Gasteiger partial charge in [0, 0.05) is 5.02 Å². The van der Waals surface area contributed by atoms with E-state index in [1.54, 1.807) is 36.4 Å². The van der Waals surface area contributed by atoms with E-state index in [4.69, 9.17) is 16.3 Å². The number of amides is 5. The molecule has 1 saturated heterocycles. The van der Waals surface area contributed by atoms with E-state index in [1.165, 1.54) is 42.5 Å². The Kier molecular flexibility index (Phi) is 6.88. The number of carbonyl (C=O) groups excluding carboxylic acids is 4. The summed E-state index contributed by atoms with van der Waals surface area (Å²) >= 11 is 5.96. The van der Waals surface area contributed by atoms with Crippen molar-refractivity contribution in [1.29, 1.82) is 0 Å². The van der Waals surface area contributed by atoms with Crippen molar-refractivity contribution in [1.82, 2.24) is 5.32 Å². The maximum atomic E-state index is 13.7. The predicted molar refractivity (Wildman–Crippen MR) is 127 cm³/mol. The van der Waals surface area contributed by atoms with Gasteiger partial charge in [0.25, 0.3) is 17.7 Å². The molecule has 35 heavy (non-hydrogen) atoms. The van der Waals surface area contributed by atoms with Gasteiger partial charge in [0.15, 0.2) is 6.61 Å². The van der Waals surface area contributed by atoms with Gasteiger partial charge in [-0.1, -0.05) is 41.9 Å². The van der Waals surface area contributed by atoms with Crippen LogP contribution in [0.25, 0.3) is 6.08 Å². The Morgan fingerprint density at radius 3 is 2.57 bits per heavy atom. The van der Waals surface area contributed by atoms with Crippen molar-refractivity contribution in [2.24, 2.45) is 0 Å². The fourth-order valence-electron chi connectivity index (χ4n) is 3.27. The van der Waals surface area contributed by atoms with Crippen LogP contribution in [-0.2, 0) is 14.4 Å². The molecule has 1 aliphatic rings. The Hall–Kier alpha value is -4.50. The van der Waals surface area contributed by atoms with Crippen LogP contribution < -0.4 is 20.3 Å². The highest BCUT2D eigenvalue weighted by molar-refractivity contribution is 6.39. The predicted octanol–water partition coefficient (Wildman–Crippen LogP) is 4.16. The summed E-state index contributed by atoms with van der Waals surface area (Å²) < 4.78 is 19.1. The maximum absolute atomic E-state index is 13.7. The summed E-state index contributed by atoms with van der Waals surface area (Å²) in [6.07, 6.45) is 1.30. The van der Waals surface area contributed by atoms with Crippen LogP contribution in [0.4, 0.5) is 20.6 Å². The number of benzene rings is 3. The molecule has 8 nitrogen and oxygen atoms in total. The van der Waals surface area contributed by atoms with Gasteiger partial charge in [0.2, 0.25) is 0 Å². The fourth-order valence-corrected chi connectivity index (χ4v) is 3.45. The number of anilines is 2. The summed E-state index contributed by atoms with van der Waals surface area (Å²) in [5.41, 5.74) is 0.367. The lowest BCUT2D eigenvalue weighted by molar-refractivity contribution is -0.122. The number of ether oxygens (including phenoxy) is 1. The van der Waals surface area contributed by atoms with Crippen LogP contribution in [0.15, 0.2) is 78.4 Å². The zero-order chi connectivity index (χ0) is 24.9. The molecular weight excluding hydrogens is 477 g/mol. The van der Waals surface area contributed by atoms with Crippen molar-refractivity contribution in [3.8, 4) is 5.75 Å². The van der Waals surface area contributed by atoms with Gasteiger partial charge in [0.1, 0.15) is 17.1 Å². The molecule has 5 amide bonds. The van der Waals surface area contributed by atoms with E-state index in [1.807, 2.05) is 0 Å². The zero-order valence-corrected chi connectivity index (χ0v) is 18.7. The number of rotatable bonds is 6. The highest BCUT2D eigenvalue weighted by Gasteiger charge is 2.36. The van der Waals surface area contributed by atoms with Crippen molar-refractivity contribution >= 4 is 52.8 Å². The van der Waals surface area contributed by atoms with Gasteiger partial charge in [-0.15, -0.1) is 0 Å². The number of para-hydroxylation sites is 1. The topological polar surface area (TPSA) is 105 Å². The highest BCUT2D eigenvalue weighted by Crippen LogP contribution is 2.25. The first-order chi connectivity index (χ1) is 16.8. The average Bonchev–Trinajstić information content (AvgIpc) is 2.82. The number of hydrogen-bond donors (Lipinski definition) is 2. The number of barbiturate groups is 1. The van der Waals surface area contributed by atoms with E-state index in [9.17, 15) is 23.6 Å². The second-order valence-electron chi connectivity index (χ2n) is 7.33. The van der Waals surface area contributed by atoms with Gasteiger partial charge in [-0.2, -0.15) is 0 Å². The third kappa shape index (κ3) is 5.53. The molecule has 1 heterocycles. The molecule has 3 aromatic rings. The van der Waals surface area contributed by atoms with Crippen LogP contribution in [0.5, 0.6) is 5.75 Å². The molecule has 0 bridgehead atoms. The van der Waals surface area contributed by atoms with E-state index in [0.717, 1.165) is 4.90 Å². The van der Waals surface area contributed by atoms with Gasteiger partial charge in [0.05, 0.1) is 11.4 Å². The van der Waals surface area contributed by atoms with Crippen LogP contribution >= 0.6 is 11.6 Å². The number of nitrogens with one attached hydrogen (secondary N) is 2. The molecule has 1 fully saturated rings. The van der Waals surface area contributed by atoms with Gasteiger partial charge < -0.3 is 10.1 Å². The number of urea groups is 1. The highest BCUT2D eigenvalue weighted by atomic mass is 35.5. The third-order valence-electron chi connectivity index (χ3n) is 4.86. The number of halogens is 2. The largest absolute Gasteiger partial charge is 0.484 e. The quantitative estimate of drug-likeness (QED) is 0.396. The summed E-state index contributed by atoms with van der Waals surface area (Å²) in [4.78, 5) is 50.6. The van der Waals surface area contributed by atoms with Gasteiger partial charge in [-0.3, -0.25) is 19.7 Å². The number of carbonyl (C=O) groups is 4. The van der Waals surface area contributed by atoms with E-state index in [-0.39, 0.29) is 22.7 Å². The lowest BCUT2D eigenvalue weighted by Crippen LogP contribution is -2.54. The molecule has 0 radical (unpaired) electrons. The molecule has 10 heteroatoms. The molecule has 0 aromatic heterocycles. The second kappa shape index (κ2) is 10.2. The average molecular weight is 494 g/mol. The lowest BCUT2D eigenvalue weighted by atomic mass is 10.1. The first-order valence-corrected chi connectivity index (χ1v) is 10.6. The normalized spacial score (nSPS) is 14.6. The lowest BCUT2D eigenvalue weighted by Gasteiger charge is -2.26. The van der Waals surface area contributed by atoms with Crippen molar-refractivity contribution in [3.05, 3.63) is 94.8 Å². The van der Waals surface area contributed by atoms with Gasteiger partial charge in [-0.05, 0) is 54.1 Å². The maximum Gasteiger partial charge on any atom is 0.335 e. The molecule has 176 valence electrons. The summed E-state index contributed by atoms with van der Waals surface area (Å²) in [7, 11) is 0. The molecule has 1 aliphatic heterocycles. The van der Waals surface area contributed by atoms with Crippen molar-refractivity contribution in [2.45, 2.75) is 0 Å². The molecule has 0 unspecified atom stereocenters. The van der Waals surface area contributed by atoms with Crippen LogP contribution in [0, 0.1) is 5.82 Å². The Morgan fingerprint density at radius 2 is 1.80 bits per heavy atom. The second-order valence-corrected chi connectivity index (χ2v) is 7.76. The van der Waals surface area contributed by atoms with Crippen molar-refractivity contribution < 1.29 is 28.3 Å². The molecule has 0 atom stereocenters. The molecule has 0 aliphatic carbocycles. The van der Waals surface area contributed by atoms with Gasteiger partial charge >= 0.3 is 6.03 Å². The Bertz CT molecular complexity index is 1370. The first kappa shape index (κ1) is 23.7. The first-order valence-electron chi connectivity index (χ1n) is 10.3. The Balaban J connectivity index is 1.49. The number of hydrogen-bond acceptors (Lipinski definition) is 5. The summed E-state index contributed by atoms with van der Waals surface area (Å²) in [6, 6.07) is 17.2.